The number of rotatable bonds is 6. The molecule has 1 aromatic carbocycles. The minimum Gasteiger partial charge on any atom is -0.486 e. The topological polar surface area (TPSA) is 58.1 Å². The Hall–Kier alpha value is -0.930. The Balaban J connectivity index is 0.00000261. The lowest BCUT2D eigenvalue weighted by molar-refractivity contribution is 0.171. The van der Waals surface area contributed by atoms with E-state index in [0.29, 0.717) is 36.3 Å². The van der Waals surface area contributed by atoms with Crippen molar-refractivity contribution in [2.24, 2.45) is 4.99 Å². The van der Waals surface area contributed by atoms with Crippen LogP contribution in [0.5, 0.6) is 11.5 Å². The number of hydrogen-bond acceptors (Lipinski definition) is 4. The van der Waals surface area contributed by atoms with E-state index in [1.54, 1.807) is 0 Å². The molecule has 152 valence electrons. The summed E-state index contributed by atoms with van der Waals surface area (Å²) in [6.45, 7) is 8.91. The summed E-state index contributed by atoms with van der Waals surface area (Å²) in [6.07, 6.45) is 4.00. The fourth-order valence-corrected chi connectivity index (χ4v) is 3.57. The molecule has 0 aromatic heterocycles. The molecule has 0 atom stereocenters. The minimum absolute atomic E-state index is 0. The fraction of sp³-hybridized carbons (Fsp3) is 0.632. The number of fused-ring (bicyclic) bond motifs is 1. The minimum atomic E-state index is 0. The summed E-state index contributed by atoms with van der Waals surface area (Å²) in [5.41, 5.74) is 1.01. The van der Waals surface area contributed by atoms with Gasteiger partial charge in [-0.15, -0.1) is 24.0 Å². The third-order valence-corrected chi connectivity index (χ3v) is 4.87. The van der Waals surface area contributed by atoms with Gasteiger partial charge < -0.3 is 25.0 Å². The lowest BCUT2D eigenvalue weighted by Crippen LogP contribution is -2.42. The van der Waals surface area contributed by atoms with E-state index in [1.807, 2.05) is 12.1 Å². The van der Waals surface area contributed by atoms with E-state index in [9.17, 15) is 0 Å². The zero-order chi connectivity index (χ0) is 18.2. The predicted octanol–water partition coefficient (Wildman–Crippen LogP) is 3.27. The molecular formula is C19H30ClIN4O2. The largest absolute Gasteiger partial charge is 0.486 e. The van der Waals surface area contributed by atoms with Crippen LogP contribution in [0.15, 0.2) is 17.1 Å². The van der Waals surface area contributed by atoms with Crippen molar-refractivity contribution in [3.05, 3.63) is 22.7 Å². The molecule has 2 N–H and O–H groups in total. The molecule has 6 nitrogen and oxygen atoms in total. The van der Waals surface area contributed by atoms with Crippen molar-refractivity contribution in [3.8, 4) is 11.5 Å². The van der Waals surface area contributed by atoms with E-state index in [1.165, 1.54) is 32.4 Å². The summed E-state index contributed by atoms with van der Waals surface area (Å²) in [6, 6.07) is 3.86. The number of aliphatic imine (C=N–C) groups is 1. The smallest absolute Gasteiger partial charge is 0.191 e. The molecule has 0 spiro atoms. The van der Waals surface area contributed by atoms with Crippen molar-refractivity contribution in [3.63, 3.8) is 0 Å². The number of nitrogens with one attached hydrogen (secondary N) is 2. The van der Waals surface area contributed by atoms with Gasteiger partial charge in [0.2, 0.25) is 0 Å². The maximum atomic E-state index is 6.30. The second-order valence-electron chi connectivity index (χ2n) is 6.63. The Morgan fingerprint density at radius 3 is 2.70 bits per heavy atom. The van der Waals surface area contributed by atoms with Crippen LogP contribution in [0.4, 0.5) is 0 Å². The molecule has 0 radical (unpaired) electrons. The number of benzene rings is 1. The van der Waals surface area contributed by atoms with Gasteiger partial charge in [0, 0.05) is 19.6 Å². The van der Waals surface area contributed by atoms with E-state index >= 15 is 0 Å². The fourth-order valence-electron chi connectivity index (χ4n) is 3.28. The van der Waals surface area contributed by atoms with Crippen LogP contribution < -0.4 is 20.1 Å². The van der Waals surface area contributed by atoms with Crippen LogP contribution in [0.25, 0.3) is 0 Å². The molecule has 1 fully saturated rings. The summed E-state index contributed by atoms with van der Waals surface area (Å²) in [4.78, 5) is 7.19. The molecule has 1 aromatic rings. The normalized spacial score (nSPS) is 17.2. The Morgan fingerprint density at radius 1 is 1.15 bits per heavy atom. The third-order valence-electron chi connectivity index (χ3n) is 4.59. The van der Waals surface area contributed by atoms with E-state index < -0.39 is 0 Å². The number of hydrogen-bond donors (Lipinski definition) is 2. The van der Waals surface area contributed by atoms with Gasteiger partial charge in [-0.2, -0.15) is 0 Å². The summed E-state index contributed by atoms with van der Waals surface area (Å²) in [7, 11) is 0. The second-order valence-corrected chi connectivity index (χ2v) is 7.03. The zero-order valence-electron chi connectivity index (χ0n) is 15.9. The van der Waals surface area contributed by atoms with Crippen LogP contribution in [-0.4, -0.2) is 56.8 Å². The summed E-state index contributed by atoms with van der Waals surface area (Å²) in [5.74, 6) is 2.17. The molecule has 1 saturated heterocycles. The zero-order valence-corrected chi connectivity index (χ0v) is 19.0. The molecule has 2 aliphatic heterocycles. The van der Waals surface area contributed by atoms with Crippen LogP contribution in [0.1, 0.15) is 31.7 Å². The average Bonchev–Trinajstić information content (AvgIpc) is 2.67. The average molecular weight is 509 g/mol. The van der Waals surface area contributed by atoms with E-state index in [4.69, 9.17) is 21.1 Å². The van der Waals surface area contributed by atoms with Crippen molar-refractivity contribution in [1.29, 1.82) is 0 Å². The van der Waals surface area contributed by atoms with Crippen LogP contribution >= 0.6 is 35.6 Å². The van der Waals surface area contributed by atoms with Gasteiger partial charge in [0.1, 0.15) is 13.2 Å². The number of likely N-dealkylation sites (tertiary alicyclic amines) is 1. The van der Waals surface area contributed by atoms with Crippen LogP contribution in [0.3, 0.4) is 0 Å². The van der Waals surface area contributed by atoms with Gasteiger partial charge in [-0.05, 0) is 50.6 Å². The Labute approximate surface area is 184 Å². The van der Waals surface area contributed by atoms with E-state index in [2.05, 4.69) is 27.4 Å². The first-order valence-electron chi connectivity index (χ1n) is 9.59. The molecular weight excluding hydrogens is 479 g/mol. The number of ether oxygens (including phenoxy) is 2. The van der Waals surface area contributed by atoms with Gasteiger partial charge in [-0.3, -0.25) is 0 Å². The van der Waals surface area contributed by atoms with Gasteiger partial charge in [0.15, 0.2) is 17.5 Å². The highest BCUT2D eigenvalue weighted by molar-refractivity contribution is 14.0. The molecule has 3 rings (SSSR count). The lowest BCUT2D eigenvalue weighted by Gasteiger charge is -2.26. The van der Waals surface area contributed by atoms with Crippen LogP contribution in [0, 0.1) is 0 Å². The maximum absolute atomic E-state index is 6.30. The Bertz CT molecular complexity index is 624. The highest BCUT2D eigenvalue weighted by atomic mass is 127. The molecule has 0 aliphatic carbocycles. The molecule has 8 heteroatoms. The predicted molar refractivity (Wildman–Crippen MR) is 121 cm³/mol. The Morgan fingerprint density at radius 2 is 1.93 bits per heavy atom. The van der Waals surface area contributed by atoms with Crippen molar-refractivity contribution >= 4 is 41.5 Å². The first-order chi connectivity index (χ1) is 12.8. The number of nitrogens with zero attached hydrogens (tertiary/aromatic N) is 2. The van der Waals surface area contributed by atoms with Gasteiger partial charge >= 0.3 is 0 Å². The lowest BCUT2D eigenvalue weighted by atomic mass is 10.1. The molecule has 0 amide bonds. The number of halogens is 2. The number of guanidine groups is 1. The standard InChI is InChI=1S/C19H29ClN4O2.HI/c1-2-21-19(22-6-9-24-7-4-3-5-8-24)23-14-15-12-16(20)18-17(13-15)25-10-11-26-18;/h12-13H,2-11,14H2,1H3,(H2,21,22,23);1H. The first-order valence-corrected chi connectivity index (χ1v) is 9.96. The van der Waals surface area contributed by atoms with Crippen LogP contribution in [-0.2, 0) is 6.54 Å². The highest BCUT2D eigenvalue weighted by Crippen LogP contribution is 2.38. The third kappa shape index (κ3) is 6.87. The summed E-state index contributed by atoms with van der Waals surface area (Å²) >= 11 is 6.30. The molecule has 0 unspecified atom stereocenters. The first kappa shape index (κ1) is 22.4. The van der Waals surface area contributed by atoms with Gasteiger partial charge in [0.05, 0.1) is 11.6 Å². The quantitative estimate of drug-likeness (QED) is 0.351. The molecule has 2 heterocycles. The van der Waals surface area contributed by atoms with Gasteiger partial charge in [-0.1, -0.05) is 18.0 Å². The maximum Gasteiger partial charge on any atom is 0.191 e. The van der Waals surface area contributed by atoms with Crippen molar-refractivity contribution < 1.29 is 9.47 Å². The summed E-state index contributed by atoms with van der Waals surface area (Å²) in [5, 5.41) is 7.30. The monoisotopic (exact) mass is 508 g/mol. The van der Waals surface area contributed by atoms with Crippen molar-refractivity contribution in [2.75, 3.05) is 45.9 Å². The molecule has 2 aliphatic rings. The van der Waals surface area contributed by atoms with Crippen LogP contribution in [0.2, 0.25) is 5.02 Å². The van der Waals surface area contributed by atoms with E-state index in [-0.39, 0.29) is 24.0 Å². The SMILES string of the molecule is CCNC(=NCc1cc(Cl)c2c(c1)OCCO2)NCCN1CCCCC1.I. The van der Waals surface area contributed by atoms with Crippen molar-refractivity contribution in [1.82, 2.24) is 15.5 Å². The van der Waals surface area contributed by atoms with Crippen molar-refractivity contribution in [2.45, 2.75) is 32.7 Å². The van der Waals surface area contributed by atoms with Gasteiger partial charge in [-0.25, -0.2) is 4.99 Å². The molecule has 27 heavy (non-hydrogen) atoms. The second kappa shape index (κ2) is 11.8. The number of piperidine rings is 1. The summed E-state index contributed by atoms with van der Waals surface area (Å²) < 4.78 is 11.2. The molecule has 0 saturated carbocycles. The highest BCUT2D eigenvalue weighted by Gasteiger charge is 2.16. The Kier molecular flexibility index (Phi) is 9.78. The van der Waals surface area contributed by atoms with Gasteiger partial charge in [0.25, 0.3) is 0 Å². The van der Waals surface area contributed by atoms with E-state index in [0.717, 1.165) is 31.2 Å². The molecule has 0 bridgehead atoms.